The Labute approximate surface area is 83.2 Å². The molecule has 0 saturated carbocycles. The molecule has 0 aliphatic rings. The number of rotatable bonds is 3. The zero-order chi connectivity index (χ0) is 10.4. The van der Waals surface area contributed by atoms with E-state index in [1.807, 2.05) is 0 Å². The first-order valence-electron chi connectivity index (χ1n) is 4.13. The van der Waals surface area contributed by atoms with Crippen LogP contribution in [-0.2, 0) is 0 Å². The molecular formula is C11H11NO2. The second kappa shape index (κ2) is 4.93. The van der Waals surface area contributed by atoms with Crippen molar-refractivity contribution in [3.63, 3.8) is 0 Å². The van der Waals surface area contributed by atoms with Gasteiger partial charge in [0.05, 0.1) is 0 Å². The first kappa shape index (κ1) is 10.1. The highest BCUT2D eigenvalue weighted by molar-refractivity contribution is 5.75. The summed E-state index contributed by atoms with van der Waals surface area (Å²) in [5, 5.41) is 10.7. The molecule has 1 aromatic carbocycles. The summed E-state index contributed by atoms with van der Waals surface area (Å²) in [6.45, 7) is 0.254. The standard InChI is InChI=1S/C11H11NO2/c1-3-8-14-11-6-4-10(5-7-11)9-12(2)13/h1,4-7,9H,8H2,2H3/b12-9-. The van der Waals surface area contributed by atoms with Crippen LogP contribution in [0, 0.1) is 17.6 Å². The Morgan fingerprint density at radius 2 is 2.14 bits per heavy atom. The third-order valence-electron chi connectivity index (χ3n) is 1.53. The topological polar surface area (TPSA) is 35.3 Å². The Balaban J connectivity index is 2.70. The molecule has 0 aliphatic heterocycles. The predicted molar refractivity (Wildman–Crippen MR) is 55.5 cm³/mol. The van der Waals surface area contributed by atoms with Crippen molar-refractivity contribution in [1.82, 2.24) is 0 Å². The summed E-state index contributed by atoms with van der Waals surface area (Å²) in [7, 11) is 1.43. The van der Waals surface area contributed by atoms with E-state index in [1.165, 1.54) is 13.3 Å². The van der Waals surface area contributed by atoms with Crippen LogP contribution < -0.4 is 4.74 Å². The van der Waals surface area contributed by atoms with Crippen LogP contribution in [0.2, 0.25) is 0 Å². The monoisotopic (exact) mass is 189 g/mol. The molecule has 0 spiro atoms. The van der Waals surface area contributed by atoms with Crippen molar-refractivity contribution >= 4 is 6.21 Å². The Morgan fingerprint density at radius 1 is 1.50 bits per heavy atom. The fraction of sp³-hybridized carbons (Fsp3) is 0.182. The first-order chi connectivity index (χ1) is 6.72. The molecule has 0 saturated heterocycles. The summed E-state index contributed by atoms with van der Waals surface area (Å²) in [5.41, 5.74) is 0.829. The van der Waals surface area contributed by atoms with Crippen molar-refractivity contribution in [1.29, 1.82) is 0 Å². The van der Waals surface area contributed by atoms with E-state index in [0.717, 1.165) is 10.3 Å². The average molecular weight is 189 g/mol. The number of nitrogens with zero attached hydrogens (tertiary/aromatic N) is 1. The number of hydrogen-bond acceptors (Lipinski definition) is 2. The van der Waals surface area contributed by atoms with Crippen LogP contribution in [0.15, 0.2) is 24.3 Å². The zero-order valence-corrected chi connectivity index (χ0v) is 7.93. The maximum atomic E-state index is 10.7. The van der Waals surface area contributed by atoms with E-state index in [1.54, 1.807) is 24.3 Å². The maximum absolute atomic E-state index is 10.7. The summed E-state index contributed by atoms with van der Waals surface area (Å²) >= 11 is 0. The molecule has 0 radical (unpaired) electrons. The molecule has 0 aliphatic carbocycles. The van der Waals surface area contributed by atoms with E-state index < -0.39 is 0 Å². The van der Waals surface area contributed by atoms with Gasteiger partial charge in [0.25, 0.3) is 0 Å². The molecule has 0 amide bonds. The molecule has 0 heterocycles. The molecule has 0 atom stereocenters. The number of benzene rings is 1. The molecule has 0 bridgehead atoms. The van der Waals surface area contributed by atoms with Gasteiger partial charge < -0.3 is 9.94 Å². The summed E-state index contributed by atoms with van der Waals surface area (Å²) in [6, 6.07) is 7.12. The molecule has 14 heavy (non-hydrogen) atoms. The number of hydroxylamine groups is 1. The molecule has 72 valence electrons. The molecular weight excluding hydrogens is 178 g/mol. The molecule has 1 aromatic rings. The van der Waals surface area contributed by atoms with Gasteiger partial charge in [0, 0.05) is 5.56 Å². The number of hydrogen-bond donors (Lipinski definition) is 0. The van der Waals surface area contributed by atoms with E-state index in [4.69, 9.17) is 11.2 Å². The van der Waals surface area contributed by atoms with E-state index in [0.29, 0.717) is 5.75 Å². The minimum atomic E-state index is 0.254. The third-order valence-corrected chi connectivity index (χ3v) is 1.53. The lowest BCUT2D eigenvalue weighted by atomic mass is 10.2. The largest absolute Gasteiger partial charge is 0.624 e. The Morgan fingerprint density at radius 3 is 2.64 bits per heavy atom. The molecule has 0 fully saturated rings. The molecule has 1 rings (SSSR count). The first-order valence-corrected chi connectivity index (χ1v) is 4.13. The normalized spacial score (nSPS) is 10.7. The second-order valence-corrected chi connectivity index (χ2v) is 2.74. The average Bonchev–Trinajstić information content (AvgIpc) is 2.16. The van der Waals surface area contributed by atoms with Crippen LogP contribution in [0.3, 0.4) is 0 Å². The van der Waals surface area contributed by atoms with E-state index in [9.17, 15) is 5.21 Å². The van der Waals surface area contributed by atoms with Gasteiger partial charge in [-0.3, -0.25) is 0 Å². The van der Waals surface area contributed by atoms with Gasteiger partial charge in [-0.05, 0) is 24.3 Å². The lowest BCUT2D eigenvalue weighted by Gasteiger charge is -2.01. The second-order valence-electron chi connectivity index (χ2n) is 2.74. The van der Waals surface area contributed by atoms with Crippen molar-refractivity contribution in [2.75, 3.05) is 13.7 Å². The van der Waals surface area contributed by atoms with Crippen molar-refractivity contribution < 1.29 is 9.48 Å². The predicted octanol–water partition coefficient (Wildman–Crippen LogP) is 1.26. The fourth-order valence-electron chi connectivity index (χ4n) is 0.985. The van der Waals surface area contributed by atoms with Gasteiger partial charge in [-0.25, -0.2) is 4.74 Å². The lowest BCUT2D eigenvalue weighted by Crippen LogP contribution is -1.98. The van der Waals surface area contributed by atoms with Crippen molar-refractivity contribution in [2.24, 2.45) is 0 Å². The summed E-state index contributed by atoms with van der Waals surface area (Å²) < 4.78 is 5.92. The summed E-state index contributed by atoms with van der Waals surface area (Å²) in [6.07, 6.45) is 6.52. The molecule has 0 aromatic heterocycles. The van der Waals surface area contributed by atoms with Crippen LogP contribution in [-0.4, -0.2) is 24.6 Å². The minimum Gasteiger partial charge on any atom is -0.624 e. The Bertz CT molecular complexity index is 356. The SMILES string of the molecule is C#CCOc1ccc(/C=[N+](/C)[O-])cc1. The molecule has 3 heteroatoms. The van der Waals surface area contributed by atoms with Gasteiger partial charge in [0.2, 0.25) is 0 Å². The molecule has 0 unspecified atom stereocenters. The van der Waals surface area contributed by atoms with E-state index in [2.05, 4.69) is 5.92 Å². The van der Waals surface area contributed by atoms with E-state index >= 15 is 0 Å². The highest BCUT2D eigenvalue weighted by Gasteiger charge is 1.94. The molecule has 0 N–H and O–H groups in total. The van der Waals surface area contributed by atoms with Crippen molar-refractivity contribution in [2.45, 2.75) is 0 Å². The smallest absolute Gasteiger partial charge is 0.181 e. The number of terminal acetylenes is 1. The number of ether oxygens (including phenoxy) is 1. The highest BCUT2D eigenvalue weighted by atomic mass is 16.5. The fourth-order valence-corrected chi connectivity index (χ4v) is 0.985. The minimum absolute atomic E-state index is 0.254. The quantitative estimate of drug-likeness (QED) is 0.236. The van der Waals surface area contributed by atoms with Crippen molar-refractivity contribution in [3.8, 4) is 18.1 Å². The Hall–Kier alpha value is -1.95. The summed E-state index contributed by atoms with van der Waals surface area (Å²) in [5.74, 6) is 3.08. The van der Waals surface area contributed by atoms with E-state index in [-0.39, 0.29) is 6.61 Å². The van der Waals surface area contributed by atoms with Crippen LogP contribution in [0.4, 0.5) is 0 Å². The van der Waals surface area contributed by atoms with Gasteiger partial charge >= 0.3 is 0 Å². The maximum Gasteiger partial charge on any atom is 0.181 e. The lowest BCUT2D eigenvalue weighted by molar-refractivity contribution is -0.416. The van der Waals surface area contributed by atoms with Crippen LogP contribution in [0.5, 0.6) is 5.75 Å². The van der Waals surface area contributed by atoms with Crippen molar-refractivity contribution in [3.05, 3.63) is 35.0 Å². The van der Waals surface area contributed by atoms with Crippen LogP contribution in [0.25, 0.3) is 0 Å². The summed E-state index contributed by atoms with van der Waals surface area (Å²) in [4.78, 5) is 0. The van der Waals surface area contributed by atoms with Crippen LogP contribution >= 0.6 is 0 Å². The van der Waals surface area contributed by atoms with Gasteiger partial charge in [-0.2, -0.15) is 0 Å². The van der Waals surface area contributed by atoms with Gasteiger partial charge in [-0.15, -0.1) is 6.42 Å². The Kier molecular flexibility index (Phi) is 3.57. The zero-order valence-electron chi connectivity index (χ0n) is 7.93. The molecule has 3 nitrogen and oxygen atoms in total. The third kappa shape index (κ3) is 3.20. The van der Waals surface area contributed by atoms with Crippen LogP contribution in [0.1, 0.15) is 5.56 Å². The van der Waals surface area contributed by atoms with Gasteiger partial charge in [0.1, 0.15) is 19.4 Å². The van der Waals surface area contributed by atoms with Gasteiger partial charge in [-0.1, -0.05) is 5.92 Å². The van der Waals surface area contributed by atoms with Gasteiger partial charge in [0.15, 0.2) is 6.21 Å². The highest BCUT2D eigenvalue weighted by Crippen LogP contribution is 2.10.